The second kappa shape index (κ2) is 6.99. The Balaban J connectivity index is 1.46. The molecule has 0 radical (unpaired) electrons. The van der Waals surface area contributed by atoms with Crippen LogP contribution in [0.1, 0.15) is 10.4 Å². The molecule has 1 aliphatic rings. The topological polar surface area (TPSA) is 70.6 Å². The minimum absolute atomic E-state index is 0.0549. The molecule has 3 aromatic rings. The summed E-state index contributed by atoms with van der Waals surface area (Å²) in [6.45, 7) is 1.02. The summed E-state index contributed by atoms with van der Waals surface area (Å²) in [5.41, 5.74) is 3.16. The molecule has 6 nitrogen and oxygen atoms in total. The Morgan fingerprint density at radius 1 is 1.04 bits per heavy atom. The van der Waals surface area contributed by atoms with Crippen molar-refractivity contribution in [2.45, 2.75) is 4.90 Å². The van der Waals surface area contributed by atoms with Crippen LogP contribution in [0.3, 0.4) is 0 Å². The molecule has 140 valence electrons. The van der Waals surface area contributed by atoms with Gasteiger partial charge in [-0.05, 0) is 42.5 Å². The normalized spacial score (nSPS) is 16.0. The molecule has 1 aromatic heterocycles. The summed E-state index contributed by atoms with van der Waals surface area (Å²) in [5, 5.41) is 0. The number of piperazine rings is 1. The van der Waals surface area contributed by atoms with E-state index in [2.05, 4.69) is 4.98 Å². The van der Waals surface area contributed by atoms with Crippen LogP contribution in [-0.2, 0) is 10.0 Å². The lowest BCUT2D eigenvalue weighted by atomic mass is 10.2. The van der Waals surface area contributed by atoms with E-state index in [0.29, 0.717) is 18.7 Å². The number of fused-ring (bicyclic) bond motifs is 1. The fourth-order valence-electron chi connectivity index (χ4n) is 3.06. The molecule has 0 unspecified atom stereocenters. The number of amides is 1. The molecular formula is C18H16FN3O3S2. The van der Waals surface area contributed by atoms with Gasteiger partial charge in [-0.1, -0.05) is 0 Å². The van der Waals surface area contributed by atoms with Gasteiger partial charge in [-0.3, -0.25) is 4.79 Å². The first-order valence-corrected chi connectivity index (χ1v) is 10.7. The van der Waals surface area contributed by atoms with Crippen LogP contribution in [0.4, 0.5) is 4.39 Å². The first kappa shape index (κ1) is 18.0. The summed E-state index contributed by atoms with van der Waals surface area (Å²) >= 11 is 1.47. The van der Waals surface area contributed by atoms with E-state index in [0.717, 1.165) is 22.3 Å². The zero-order valence-corrected chi connectivity index (χ0v) is 15.8. The number of hydrogen-bond donors (Lipinski definition) is 0. The van der Waals surface area contributed by atoms with Gasteiger partial charge in [-0.15, -0.1) is 11.3 Å². The zero-order chi connectivity index (χ0) is 19.0. The number of halogens is 1. The van der Waals surface area contributed by atoms with Crippen LogP contribution in [0.25, 0.3) is 10.2 Å². The van der Waals surface area contributed by atoms with Crippen molar-refractivity contribution in [3.63, 3.8) is 0 Å². The lowest BCUT2D eigenvalue weighted by Crippen LogP contribution is -2.50. The van der Waals surface area contributed by atoms with Crippen molar-refractivity contribution in [3.8, 4) is 0 Å². The fraction of sp³-hybridized carbons (Fsp3) is 0.222. The van der Waals surface area contributed by atoms with E-state index >= 15 is 0 Å². The van der Waals surface area contributed by atoms with Gasteiger partial charge in [0.2, 0.25) is 10.0 Å². The third-order valence-corrected chi connectivity index (χ3v) is 7.26. The van der Waals surface area contributed by atoms with E-state index in [-0.39, 0.29) is 23.9 Å². The molecule has 0 spiro atoms. The number of nitrogens with zero attached hydrogens (tertiary/aromatic N) is 3. The van der Waals surface area contributed by atoms with Gasteiger partial charge in [0.1, 0.15) is 5.82 Å². The van der Waals surface area contributed by atoms with Crippen molar-refractivity contribution in [2.75, 3.05) is 26.2 Å². The summed E-state index contributed by atoms with van der Waals surface area (Å²) in [7, 11) is -3.69. The van der Waals surface area contributed by atoms with Gasteiger partial charge in [0.05, 0.1) is 20.6 Å². The Kier molecular flexibility index (Phi) is 4.67. The Bertz CT molecular complexity index is 1090. The van der Waals surface area contributed by atoms with Gasteiger partial charge < -0.3 is 4.90 Å². The number of thiazole rings is 1. The average Bonchev–Trinajstić information content (AvgIpc) is 3.15. The van der Waals surface area contributed by atoms with Crippen LogP contribution in [0, 0.1) is 5.82 Å². The highest BCUT2D eigenvalue weighted by atomic mass is 32.2. The molecule has 0 bridgehead atoms. The van der Waals surface area contributed by atoms with Gasteiger partial charge in [0, 0.05) is 31.7 Å². The average molecular weight is 405 g/mol. The summed E-state index contributed by atoms with van der Waals surface area (Å²) < 4.78 is 40.6. The lowest BCUT2D eigenvalue weighted by Gasteiger charge is -2.34. The molecule has 0 N–H and O–H groups in total. The van der Waals surface area contributed by atoms with Gasteiger partial charge in [-0.25, -0.2) is 17.8 Å². The third-order valence-electron chi connectivity index (χ3n) is 4.56. The molecule has 0 aliphatic carbocycles. The standard InChI is InChI=1S/C18H16FN3O3S2/c19-14-2-4-15(5-3-14)27(24,25)22-9-7-21(8-10-22)18(23)13-1-6-16-17(11-13)26-12-20-16/h1-6,11-12H,7-10H2. The van der Waals surface area contributed by atoms with Crippen molar-refractivity contribution >= 4 is 37.5 Å². The van der Waals surface area contributed by atoms with Crippen molar-refractivity contribution in [2.24, 2.45) is 0 Å². The number of aromatic nitrogens is 1. The minimum atomic E-state index is -3.69. The molecule has 2 aromatic carbocycles. The van der Waals surface area contributed by atoms with Gasteiger partial charge in [-0.2, -0.15) is 4.31 Å². The zero-order valence-electron chi connectivity index (χ0n) is 14.2. The molecule has 1 amide bonds. The minimum Gasteiger partial charge on any atom is -0.336 e. The summed E-state index contributed by atoms with van der Waals surface area (Å²) in [6, 6.07) is 10.1. The van der Waals surface area contributed by atoms with Crippen LogP contribution >= 0.6 is 11.3 Å². The maximum Gasteiger partial charge on any atom is 0.253 e. The first-order valence-electron chi connectivity index (χ1n) is 8.33. The number of rotatable bonds is 3. The quantitative estimate of drug-likeness (QED) is 0.672. The van der Waals surface area contributed by atoms with E-state index < -0.39 is 15.8 Å². The van der Waals surface area contributed by atoms with Crippen LogP contribution in [0.15, 0.2) is 52.9 Å². The fourth-order valence-corrected chi connectivity index (χ4v) is 5.20. The van der Waals surface area contributed by atoms with Gasteiger partial charge in [0.15, 0.2) is 0 Å². The molecular weight excluding hydrogens is 389 g/mol. The Morgan fingerprint density at radius 2 is 1.74 bits per heavy atom. The number of carbonyl (C=O) groups excluding carboxylic acids is 1. The molecule has 4 rings (SSSR count). The maximum atomic E-state index is 13.0. The lowest BCUT2D eigenvalue weighted by molar-refractivity contribution is 0.0698. The van der Waals surface area contributed by atoms with E-state index in [1.807, 2.05) is 12.1 Å². The van der Waals surface area contributed by atoms with Crippen molar-refractivity contribution < 1.29 is 17.6 Å². The molecule has 1 fully saturated rings. The SMILES string of the molecule is O=C(c1ccc2ncsc2c1)N1CCN(S(=O)(=O)c2ccc(F)cc2)CC1. The third kappa shape index (κ3) is 3.45. The number of hydrogen-bond acceptors (Lipinski definition) is 5. The molecule has 0 atom stereocenters. The van der Waals surface area contributed by atoms with Crippen LogP contribution in [0.2, 0.25) is 0 Å². The molecule has 0 saturated carbocycles. The first-order chi connectivity index (χ1) is 12.9. The highest BCUT2D eigenvalue weighted by Crippen LogP contribution is 2.22. The predicted molar refractivity (Wildman–Crippen MR) is 101 cm³/mol. The monoisotopic (exact) mass is 405 g/mol. The van der Waals surface area contributed by atoms with E-state index in [1.165, 1.54) is 27.8 Å². The maximum absolute atomic E-state index is 13.0. The predicted octanol–water partition coefficient (Wildman–Crippen LogP) is 2.58. The van der Waals surface area contributed by atoms with Crippen molar-refractivity contribution in [1.29, 1.82) is 0 Å². The molecule has 1 aliphatic heterocycles. The van der Waals surface area contributed by atoms with Gasteiger partial charge in [0.25, 0.3) is 5.91 Å². The van der Waals surface area contributed by atoms with Gasteiger partial charge >= 0.3 is 0 Å². The van der Waals surface area contributed by atoms with Crippen LogP contribution in [0.5, 0.6) is 0 Å². The number of sulfonamides is 1. The summed E-state index contributed by atoms with van der Waals surface area (Å²) in [5.74, 6) is -0.605. The number of carbonyl (C=O) groups is 1. The Hall–Kier alpha value is -2.36. The summed E-state index contributed by atoms with van der Waals surface area (Å²) in [4.78, 5) is 18.6. The second-order valence-corrected chi connectivity index (χ2v) is 9.01. The summed E-state index contributed by atoms with van der Waals surface area (Å²) in [6.07, 6.45) is 0. The highest BCUT2D eigenvalue weighted by molar-refractivity contribution is 7.89. The highest BCUT2D eigenvalue weighted by Gasteiger charge is 2.30. The Labute approximate surface area is 159 Å². The number of benzene rings is 2. The van der Waals surface area contributed by atoms with Crippen molar-refractivity contribution in [3.05, 3.63) is 59.4 Å². The molecule has 2 heterocycles. The second-order valence-electron chi connectivity index (χ2n) is 6.19. The smallest absolute Gasteiger partial charge is 0.253 e. The largest absolute Gasteiger partial charge is 0.336 e. The van der Waals surface area contributed by atoms with E-state index in [4.69, 9.17) is 0 Å². The van der Waals surface area contributed by atoms with E-state index in [9.17, 15) is 17.6 Å². The molecule has 1 saturated heterocycles. The van der Waals surface area contributed by atoms with Crippen LogP contribution < -0.4 is 0 Å². The van der Waals surface area contributed by atoms with E-state index in [1.54, 1.807) is 16.5 Å². The Morgan fingerprint density at radius 3 is 2.44 bits per heavy atom. The van der Waals surface area contributed by atoms with Crippen molar-refractivity contribution in [1.82, 2.24) is 14.2 Å². The molecule has 27 heavy (non-hydrogen) atoms. The van der Waals surface area contributed by atoms with Crippen LogP contribution in [-0.4, -0.2) is 54.7 Å². The molecule has 9 heteroatoms.